The normalized spacial score (nSPS) is 10.7. The van der Waals surface area contributed by atoms with Crippen molar-refractivity contribution in [3.63, 3.8) is 0 Å². The van der Waals surface area contributed by atoms with E-state index in [1.54, 1.807) is 10.6 Å². The molecular formula is C11H12NO2+. The summed E-state index contributed by atoms with van der Waals surface area (Å²) in [4.78, 5) is 0. The predicted molar refractivity (Wildman–Crippen MR) is 53.2 cm³/mol. The van der Waals surface area contributed by atoms with Crippen molar-refractivity contribution in [2.24, 2.45) is 7.05 Å². The Hall–Kier alpha value is -1.77. The van der Waals surface area contributed by atoms with Gasteiger partial charge < -0.3 is 10.2 Å². The molecule has 0 saturated carbocycles. The van der Waals surface area contributed by atoms with Crippen LogP contribution in [0.15, 0.2) is 24.4 Å². The van der Waals surface area contributed by atoms with Crippen LogP contribution in [0.1, 0.15) is 5.56 Å². The lowest BCUT2D eigenvalue weighted by Crippen LogP contribution is -2.28. The summed E-state index contributed by atoms with van der Waals surface area (Å²) in [7, 11) is 1.83. The molecule has 72 valence electrons. The third kappa shape index (κ3) is 1.18. The van der Waals surface area contributed by atoms with Gasteiger partial charge in [0.1, 0.15) is 7.05 Å². The average Bonchev–Trinajstić information content (AvgIpc) is 2.14. The maximum Gasteiger partial charge on any atom is 0.223 e. The largest absolute Gasteiger partial charge is 0.504 e. The van der Waals surface area contributed by atoms with Crippen LogP contribution >= 0.6 is 0 Å². The monoisotopic (exact) mass is 190 g/mol. The molecule has 2 N–H and O–H groups in total. The van der Waals surface area contributed by atoms with E-state index in [9.17, 15) is 10.2 Å². The minimum absolute atomic E-state index is 0.0573. The van der Waals surface area contributed by atoms with E-state index < -0.39 is 0 Å². The number of aromatic hydroxyl groups is 2. The minimum atomic E-state index is -0.0937. The molecule has 14 heavy (non-hydrogen) atoms. The molecule has 3 nitrogen and oxygen atoms in total. The van der Waals surface area contributed by atoms with Gasteiger partial charge in [0.15, 0.2) is 5.75 Å². The molecule has 0 unspecified atom stereocenters. The second-order valence-corrected chi connectivity index (χ2v) is 3.49. The fraction of sp³-hybridized carbons (Fsp3) is 0.182. The Morgan fingerprint density at radius 1 is 1.21 bits per heavy atom. The lowest BCUT2D eigenvalue weighted by Gasteiger charge is -2.02. The SMILES string of the molecule is Cc1ccc2c(O)c(O)c[n+](C)c2c1. The highest BCUT2D eigenvalue weighted by molar-refractivity contribution is 5.84. The zero-order valence-corrected chi connectivity index (χ0v) is 8.15. The zero-order chi connectivity index (χ0) is 10.3. The van der Waals surface area contributed by atoms with E-state index in [1.807, 2.05) is 26.1 Å². The van der Waals surface area contributed by atoms with Crippen molar-refractivity contribution >= 4 is 10.9 Å². The number of benzene rings is 1. The van der Waals surface area contributed by atoms with Gasteiger partial charge in [0.05, 0.1) is 5.39 Å². The second kappa shape index (κ2) is 2.87. The van der Waals surface area contributed by atoms with Gasteiger partial charge in [-0.15, -0.1) is 0 Å². The minimum Gasteiger partial charge on any atom is -0.504 e. The van der Waals surface area contributed by atoms with Gasteiger partial charge in [-0.05, 0) is 18.6 Å². The number of aromatic nitrogens is 1. The van der Waals surface area contributed by atoms with Gasteiger partial charge in [0.25, 0.3) is 0 Å². The van der Waals surface area contributed by atoms with Gasteiger partial charge in [-0.1, -0.05) is 6.07 Å². The number of rotatable bonds is 0. The molecule has 0 aliphatic heterocycles. The summed E-state index contributed by atoms with van der Waals surface area (Å²) in [5.74, 6) is -0.151. The Kier molecular flexibility index (Phi) is 1.81. The van der Waals surface area contributed by atoms with Crippen molar-refractivity contribution in [3.8, 4) is 11.5 Å². The molecule has 0 atom stereocenters. The Morgan fingerprint density at radius 2 is 1.93 bits per heavy atom. The van der Waals surface area contributed by atoms with Crippen LogP contribution in [0.2, 0.25) is 0 Å². The van der Waals surface area contributed by atoms with Crippen LogP contribution in [0.5, 0.6) is 11.5 Å². The number of hydrogen-bond acceptors (Lipinski definition) is 2. The molecule has 0 saturated heterocycles. The summed E-state index contributed by atoms with van der Waals surface area (Å²) < 4.78 is 1.79. The topological polar surface area (TPSA) is 44.3 Å². The summed E-state index contributed by atoms with van der Waals surface area (Å²) in [6, 6.07) is 5.68. The lowest BCUT2D eigenvalue weighted by atomic mass is 10.1. The van der Waals surface area contributed by atoms with E-state index in [-0.39, 0.29) is 11.5 Å². The smallest absolute Gasteiger partial charge is 0.223 e. The van der Waals surface area contributed by atoms with Gasteiger partial charge >= 0.3 is 0 Å². The highest BCUT2D eigenvalue weighted by atomic mass is 16.3. The molecule has 0 aliphatic carbocycles. The standard InChI is InChI=1S/C11H11NO2/c1-7-3-4-8-9(5-7)12(2)6-10(13)11(8)14/h3-6,13H,1-2H3/p+1. The first-order valence-electron chi connectivity index (χ1n) is 4.40. The maximum atomic E-state index is 9.61. The molecule has 0 bridgehead atoms. The zero-order valence-electron chi connectivity index (χ0n) is 8.15. The Bertz CT molecular complexity index is 506. The average molecular weight is 190 g/mol. The summed E-state index contributed by atoms with van der Waals surface area (Å²) >= 11 is 0. The first kappa shape index (κ1) is 8.81. The molecule has 1 heterocycles. The second-order valence-electron chi connectivity index (χ2n) is 3.49. The molecule has 0 amide bonds. The molecule has 0 radical (unpaired) electrons. The van der Waals surface area contributed by atoms with Crippen LogP contribution in [-0.4, -0.2) is 10.2 Å². The van der Waals surface area contributed by atoms with Crippen LogP contribution in [0.3, 0.4) is 0 Å². The summed E-state index contributed by atoms with van der Waals surface area (Å²) in [5, 5.41) is 19.7. The van der Waals surface area contributed by atoms with Crippen LogP contribution in [0.25, 0.3) is 10.9 Å². The van der Waals surface area contributed by atoms with Crippen molar-refractivity contribution < 1.29 is 14.8 Å². The number of pyridine rings is 1. The van der Waals surface area contributed by atoms with Crippen molar-refractivity contribution in [1.82, 2.24) is 0 Å². The van der Waals surface area contributed by atoms with Crippen molar-refractivity contribution in [1.29, 1.82) is 0 Å². The van der Waals surface area contributed by atoms with Gasteiger partial charge in [-0.25, -0.2) is 0 Å². The first-order valence-corrected chi connectivity index (χ1v) is 4.40. The van der Waals surface area contributed by atoms with E-state index in [2.05, 4.69) is 0 Å². The summed E-state index contributed by atoms with van der Waals surface area (Å²) in [6.07, 6.45) is 1.50. The lowest BCUT2D eigenvalue weighted by molar-refractivity contribution is -0.645. The number of nitrogens with zero attached hydrogens (tertiary/aromatic N) is 1. The molecule has 2 rings (SSSR count). The van der Waals surface area contributed by atoms with Crippen molar-refractivity contribution in [3.05, 3.63) is 30.0 Å². The molecule has 0 fully saturated rings. The van der Waals surface area contributed by atoms with E-state index in [4.69, 9.17) is 0 Å². The quantitative estimate of drug-likeness (QED) is 0.616. The summed E-state index contributed by atoms with van der Waals surface area (Å²) in [6.45, 7) is 1.99. The van der Waals surface area contributed by atoms with E-state index in [1.165, 1.54) is 6.20 Å². The summed E-state index contributed by atoms with van der Waals surface area (Å²) in [5.41, 5.74) is 2.03. The third-order valence-electron chi connectivity index (χ3n) is 2.35. The molecule has 1 aromatic heterocycles. The highest BCUT2D eigenvalue weighted by Gasteiger charge is 2.14. The van der Waals surface area contributed by atoms with E-state index >= 15 is 0 Å². The maximum absolute atomic E-state index is 9.61. The van der Waals surface area contributed by atoms with Crippen LogP contribution in [0, 0.1) is 6.92 Å². The Balaban J connectivity index is 2.94. The molecule has 3 heteroatoms. The number of aryl methyl sites for hydroxylation is 2. The third-order valence-corrected chi connectivity index (χ3v) is 2.35. The predicted octanol–water partition coefficient (Wildman–Crippen LogP) is 1.38. The Morgan fingerprint density at radius 3 is 2.64 bits per heavy atom. The van der Waals surface area contributed by atoms with Crippen molar-refractivity contribution in [2.75, 3.05) is 0 Å². The number of hydrogen-bond donors (Lipinski definition) is 2. The molecule has 2 aromatic rings. The Labute approximate surface area is 81.9 Å². The first-order chi connectivity index (χ1) is 6.59. The van der Waals surface area contributed by atoms with Gasteiger partial charge in [-0.3, -0.25) is 0 Å². The molecule has 1 aromatic carbocycles. The van der Waals surface area contributed by atoms with Gasteiger partial charge in [0, 0.05) is 6.07 Å². The highest BCUT2D eigenvalue weighted by Crippen LogP contribution is 2.30. The molecular weight excluding hydrogens is 178 g/mol. The molecule has 0 aliphatic rings. The fourth-order valence-electron chi connectivity index (χ4n) is 1.59. The molecule has 0 spiro atoms. The van der Waals surface area contributed by atoms with E-state index in [0.717, 1.165) is 11.1 Å². The van der Waals surface area contributed by atoms with Gasteiger partial charge in [0.2, 0.25) is 17.5 Å². The van der Waals surface area contributed by atoms with Crippen LogP contribution in [0.4, 0.5) is 0 Å². The fourth-order valence-corrected chi connectivity index (χ4v) is 1.59. The van der Waals surface area contributed by atoms with Gasteiger partial charge in [-0.2, -0.15) is 4.57 Å². The van der Waals surface area contributed by atoms with E-state index in [0.29, 0.717) is 5.39 Å². The van der Waals surface area contributed by atoms with Crippen LogP contribution < -0.4 is 4.57 Å². The van der Waals surface area contributed by atoms with Crippen molar-refractivity contribution in [2.45, 2.75) is 6.92 Å². The van der Waals surface area contributed by atoms with Crippen LogP contribution in [-0.2, 0) is 7.05 Å². The number of fused-ring (bicyclic) bond motifs is 1.